The van der Waals surface area contributed by atoms with Gasteiger partial charge < -0.3 is 11.5 Å². The van der Waals surface area contributed by atoms with E-state index in [1.54, 1.807) is 6.07 Å². The van der Waals surface area contributed by atoms with Gasteiger partial charge in [-0.1, -0.05) is 13.8 Å². The standard InChI is InChI=1S/C17H23F3N4/c1-10(2)3-11(9-21)4-15-8-16(24-23-15)12-5-13(17(18,19)20)7-14(22)6-12/h5-8,10-11H,3-4,9,21-22H2,1-2H3,(H,23,24). The van der Waals surface area contributed by atoms with Gasteiger partial charge in [-0.05, 0) is 55.5 Å². The lowest BCUT2D eigenvalue weighted by molar-refractivity contribution is -0.137. The predicted molar refractivity (Wildman–Crippen MR) is 89.1 cm³/mol. The smallest absolute Gasteiger partial charge is 0.399 e. The van der Waals surface area contributed by atoms with Crippen LogP contribution in [0, 0.1) is 11.8 Å². The van der Waals surface area contributed by atoms with Crippen LogP contribution in [0.5, 0.6) is 0 Å². The minimum atomic E-state index is -4.44. The molecule has 132 valence electrons. The van der Waals surface area contributed by atoms with E-state index in [2.05, 4.69) is 24.0 Å². The van der Waals surface area contributed by atoms with Crippen LogP contribution in [0.4, 0.5) is 18.9 Å². The van der Waals surface area contributed by atoms with Crippen molar-refractivity contribution in [1.82, 2.24) is 10.2 Å². The molecule has 0 bridgehead atoms. The van der Waals surface area contributed by atoms with Crippen molar-refractivity contribution in [3.05, 3.63) is 35.5 Å². The van der Waals surface area contributed by atoms with Gasteiger partial charge in [0.05, 0.1) is 11.3 Å². The Balaban J connectivity index is 2.23. The fourth-order valence-electron chi connectivity index (χ4n) is 2.82. The number of nitrogens with one attached hydrogen (secondary N) is 1. The van der Waals surface area contributed by atoms with E-state index < -0.39 is 11.7 Å². The molecule has 0 amide bonds. The second-order valence-corrected chi connectivity index (χ2v) is 6.56. The van der Waals surface area contributed by atoms with Crippen LogP contribution in [0.1, 0.15) is 31.5 Å². The Morgan fingerprint density at radius 2 is 1.88 bits per heavy atom. The summed E-state index contributed by atoms with van der Waals surface area (Å²) in [7, 11) is 0. The number of nitrogen functional groups attached to an aromatic ring is 1. The molecule has 1 aromatic heterocycles. The van der Waals surface area contributed by atoms with Crippen LogP contribution in [-0.4, -0.2) is 16.7 Å². The molecule has 0 saturated carbocycles. The molecule has 0 radical (unpaired) electrons. The third kappa shape index (κ3) is 4.74. The number of benzene rings is 1. The van der Waals surface area contributed by atoms with Crippen molar-refractivity contribution < 1.29 is 13.2 Å². The molecule has 1 atom stereocenters. The van der Waals surface area contributed by atoms with Gasteiger partial charge in [-0.2, -0.15) is 18.3 Å². The first kappa shape index (κ1) is 18.3. The summed E-state index contributed by atoms with van der Waals surface area (Å²) in [6, 6.07) is 5.23. The first-order valence-electron chi connectivity index (χ1n) is 7.91. The number of nitrogens with zero attached hydrogens (tertiary/aromatic N) is 1. The fraction of sp³-hybridized carbons (Fsp3) is 0.471. The van der Waals surface area contributed by atoms with Gasteiger partial charge in [0.25, 0.3) is 0 Å². The number of hydrogen-bond acceptors (Lipinski definition) is 3. The maximum absolute atomic E-state index is 12.9. The van der Waals surface area contributed by atoms with Gasteiger partial charge in [-0.25, -0.2) is 0 Å². The van der Waals surface area contributed by atoms with E-state index >= 15 is 0 Å². The second kappa shape index (κ2) is 7.25. The third-order valence-corrected chi connectivity index (χ3v) is 3.86. The number of nitrogens with two attached hydrogens (primary N) is 2. The molecule has 7 heteroatoms. The Morgan fingerprint density at radius 3 is 2.46 bits per heavy atom. The van der Waals surface area contributed by atoms with Gasteiger partial charge in [0.2, 0.25) is 0 Å². The van der Waals surface area contributed by atoms with Crippen LogP contribution in [-0.2, 0) is 12.6 Å². The Labute approximate surface area is 139 Å². The molecule has 0 fully saturated rings. The molecule has 0 aliphatic heterocycles. The average molecular weight is 340 g/mol. The number of aromatic nitrogens is 2. The molecule has 5 N–H and O–H groups in total. The lowest BCUT2D eigenvalue weighted by atomic mass is 9.93. The summed E-state index contributed by atoms with van der Waals surface area (Å²) in [6.07, 6.45) is -2.73. The zero-order valence-corrected chi connectivity index (χ0v) is 13.8. The summed E-state index contributed by atoms with van der Waals surface area (Å²) in [5.41, 5.74) is 12.3. The molecule has 0 saturated heterocycles. The van der Waals surface area contributed by atoms with Crippen LogP contribution in [0.3, 0.4) is 0 Å². The van der Waals surface area contributed by atoms with Crippen LogP contribution in [0.25, 0.3) is 11.3 Å². The number of H-pyrrole nitrogens is 1. The van der Waals surface area contributed by atoms with Gasteiger partial charge >= 0.3 is 6.18 Å². The summed E-state index contributed by atoms with van der Waals surface area (Å²) in [5.74, 6) is 0.842. The van der Waals surface area contributed by atoms with Crippen LogP contribution < -0.4 is 11.5 Å². The van der Waals surface area contributed by atoms with E-state index in [-0.39, 0.29) is 5.69 Å². The lowest BCUT2D eigenvalue weighted by Gasteiger charge is -2.15. The van der Waals surface area contributed by atoms with E-state index in [1.807, 2.05) is 0 Å². The summed E-state index contributed by atoms with van der Waals surface area (Å²) >= 11 is 0. The third-order valence-electron chi connectivity index (χ3n) is 3.86. The number of halogens is 3. The first-order valence-corrected chi connectivity index (χ1v) is 7.91. The highest BCUT2D eigenvalue weighted by Gasteiger charge is 2.31. The highest BCUT2D eigenvalue weighted by Crippen LogP contribution is 2.34. The molecule has 0 spiro atoms. The van der Waals surface area contributed by atoms with Crippen molar-refractivity contribution in [3.63, 3.8) is 0 Å². The Hall–Kier alpha value is -2.02. The summed E-state index contributed by atoms with van der Waals surface area (Å²) < 4.78 is 38.7. The van der Waals surface area contributed by atoms with Gasteiger partial charge in [-0.3, -0.25) is 5.10 Å². The Bertz CT molecular complexity index is 677. The zero-order chi connectivity index (χ0) is 17.9. The highest BCUT2D eigenvalue weighted by atomic mass is 19.4. The van der Waals surface area contributed by atoms with E-state index in [1.165, 1.54) is 6.07 Å². The van der Waals surface area contributed by atoms with Gasteiger partial charge in [0, 0.05) is 16.9 Å². The molecule has 1 aromatic carbocycles. The number of anilines is 1. The molecule has 1 heterocycles. The molecule has 4 nitrogen and oxygen atoms in total. The predicted octanol–water partition coefficient (Wildman–Crippen LogP) is 3.84. The molecule has 0 aliphatic carbocycles. The molecule has 2 aromatic rings. The van der Waals surface area contributed by atoms with Crippen molar-refractivity contribution in [3.8, 4) is 11.3 Å². The van der Waals surface area contributed by atoms with Gasteiger partial charge in [0.15, 0.2) is 0 Å². The van der Waals surface area contributed by atoms with Crippen molar-refractivity contribution >= 4 is 5.69 Å². The molecule has 24 heavy (non-hydrogen) atoms. The molecule has 2 rings (SSSR count). The summed E-state index contributed by atoms with van der Waals surface area (Å²) in [6.45, 7) is 4.82. The van der Waals surface area contributed by atoms with Crippen molar-refractivity contribution in [2.75, 3.05) is 12.3 Å². The van der Waals surface area contributed by atoms with Crippen molar-refractivity contribution in [2.24, 2.45) is 17.6 Å². The fourth-order valence-corrected chi connectivity index (χ4v) is 2.82. The number of hydrogen-bond donors (Lipinski definition) is 3. The quantitative estimate of drug-likeness (QED) is 0.699. The first-order chi connectivity index (χ1) is 11.2. The monoisotopic (exact) mass is 340 g/mol. The molecule has 1 unspecified atom stereocenters. The molecular formula is C17H23F3N4. The number of alkyl halides is 3. The van der Waals surface area contributed by atoms with Crippen LogP contribution in [0.2, 0.25) is 0 Å². The minimum Gasteiger partial charge on any atom is -0.399 e. The second-order valence-electron chi connectivity index (χ2n) is 6.56. The van der Waals surface area contributed by atoms with Crippen LogP contribution in [0.15, 0.2) is 24.3 Å². The van der Waals surface area contributed by atoms with E-state index in [4.69, 9.17) is 11.5 Å². The molecular weight excluding hydrogens is 317 g/mol. The normalized spacial score (nSPS) is 13.5. The van der Waals surface area contributed by atoms with E-state index in [0.717, 1.165) is 30.7 Å². The van der Waals surface area contributed by atoms with Gasteiger partial charge in [0.1, 0.15) is 0 Å². The minimum absolute atomic E-state index is 0.0593. The Kier molecular flexibility index (Phi) is 5.54. The lowest BCUT2D eigenvalue weighted by Crippen LogP contribution is -2.19. The SMILES string of the molecule is CC(C)CC(CN)Cc1cc(-c2cc(N)cc(C(F)(F)F)c2)n[nH]1. The highest BCUT2D eigenvalue weighted by molar-refractivity contribution is 5.66. The van der Waals surface area contributed by atoms with Crippen molar-refractivity contribution in [1.29, 1.82) is 0 Å². The Morgan fingerprint density at radius 1 is 1.17 bits per heavy atom. The van der Waals surface area contributed by atoms with E-state index in [9.17, 15) is 13.2 Å². The summed E-state index contributed by atoms with van der Waals surface area (Å²) in [5, 5.41) is 7.02. The zero-order valence-electron chi connectivity index (χ0n) is 13.8. The van der Waals surface area contributed by atoms with Crippen LogP contribution >= 0.6 is 0 Å². The molecule has 0 aliphatic rings. The maximum Gasteiger partial charge on any atom is 0.416 e. The topological polar surface area (TPSA) is 80.7 Å². The van der Waals surface area contributed by atoms with Gasteiger partial charge in [-0.15, -0.1) is 0 Å². The number of aromatic amines is 1. The van der Waals surface area contributed by atoms with Crippen molar-refractivity contribution in [2.45, 2.75) is 32.9 Å². The maximum atomic E-state index is 12.9. The van der Waals surface area contributed by atoms with E-state index in [0.29, 0.717) is 29.6 Å². The number of rotatable bonds is 6. The summed E-state index contributed by atoms with van der Waals surface area (Å²) in [4.78, 5) is 0. The average Bonchev–Trinajstić information content (AvgIpc) is 2.93. The largest absolute Gasteiger partial charge is 0.416 e.